The number of ether oxygens (including phenoxy) is 3. The van der Waals surface area contributed by atoms with E-state index in [-0.39, 0.29) is 13.2 Å². The van der Waals surface area contributed by atoms with E-state index in [9.17, 15) is 14.4 Å². The number of methoxy groups -OCH3 is 1. The largest absolute Gasteiger partial charge is 0.463 e. The summed E-state index contributed by atoms with van der Waals surface area (Å²) in [7, 11) is 1.16. The average molecular weight is 473 g/mol. The highest BCUT2D eigenvalue weighted by Gasteiger charge is 2.47. The van der Waals surface area contributed by atoms with Crippen LogP contribution < -0.4 is 0 Å². The van der Waals surface area contributed by atoms with Gasteiger partial charge in [0, 0.05) is 0 Å². The van der Waals surface area contributed by atoms with Gasteiger partial charge in [-0.05, 0) is 16.7 Å². The van der Waals surface area contributed by atoms with Crippen LogP contribution in [0.3, 0.4) is 0 Å². The topological polar surface area (TPSA) is 97.7 Å². The number of amidine groups is 1. The SMILES string of the molecule is COC(=O)C1=NC(c2ccccc2)N(C(=O)OCc2ccccc2)N1C(=O)OCc1ccccc1. The Morgan fingerprint density at radius 3 is 1.74 bits per heavy atom. The van der Waals surface area contributed by atoms with Crippen molar-refractivity contribution in [3.63, 3.8) is 0 Å². The fourth-order valence-corrected chi connectivity index (χ4v) is 3.43. The van der Waals surface area contributed by atoms with E-state index in [1.165, 1.54) is 0 Å². The third kappa shape index (κ3) is 5.47. The van der Waals surface area contributed by atoms with Crippen molar-refractivity contribution in [2.45, 2.75) is 19.4 Å². The number of nitrogens with zero attached hydrogens (tertiary/aromatic N) is 3. The number of carbonyl (C=O) groups excluding carboxylic acids is 3. The Morgan fingerprint density at radius 2 is 1.23 bits per heavy atom. The highest BCUT2D eigenvalue weighted by Crippen LogP contribution is 2.32. The number of aliphatic imine (C=N–C) groups is 1. The van der Waals surface area contributed by atoms with E-state index in [1.54, 1.807) is 66.7 Å². The first-order valence-electron chi connectivity index (χ1n) is 10.8. The molecule has 3 aromatic rings. The first kappa shape index (κ1) is 23.5. The standard InChI is InChI=1S/C26H23N3O6/c1-33-24(30)23-27-22(21-15-9-4-10-16-21)28(25(31)34-17-19-11-5-2-6-12-19)29(23)26(32)35-18-20-13-7-3-8-14-20/h2-16,22H,17-18H2,1H3. The molecule has 9 heteroatoms. The molecule has 1 unspecified atom stereocenters. The highest BCUT2D eigenvalue weighted by molar-refractivity contribution is 6.38. The van der Waals surface area contributed by atoms with Gasteiger partial charge in [0.2, 0.25) is 5.84 Å². The third-order valence-corrected chi connectivity index (χ3v) is 5.13. The van der Waals surface area contributed by atoms with Gasteiger partial charge in [-0.3, -0.25) is 0 Å². The summed E-state index contributed by atoms with van der Waals surface area (Å²) in [6.45, 7) is -0.119. The van der Waals surface area contributed by atoms with E-state index in [4.69, 9.17) is 14.2 Å². The molecule has 4 rings (SSSR count). The van der Waals surface area contributed by atoms with E-state index in [0.29, 0.717) is 5.56 Å². The summed E-state index contributed by atoms with van der Waals surface area (Å²) in [5.41, 5.74) is 2.04. The number of hydrazine groups is 1. The molecule has 1 atom stereocenters. The Bertz CT molecular complexity index is 1200. The minimum absolute atomic E-state index is 0.0435. The molecule has 1 aliphatic heterocycles. The Kier molecular flexibility index (Phi) is 7.37. The quantitative estimate of drug-likeness (QED) is 0.387. The Morgan fingerprint density at radius 1 is 0.743 bits per heavy atom. The normalized spacial score (nSPS) is 14.8. The van der Waals surface area contributed by atoms with Crippen LogP contribution in [0.5, 0.6) is 0 Å². The number of amides is 2. The molecule has 0 N–H and O–H groups in total. The summed E-state index contributed by atoms with van der Waals surface area (Å²) in [4.78, 5) is 43.3. The van der Waals surface area contributed by atoms with Gasteiger partial charge in [-0.25, -0.2) is 19.4 Å². The summed E-state index contributed by atoms with van der Waals surface area (Å²) < 4.78 is 15.7. The number of rotatable bonds is 6. The molecule has 0 aromatic heterocycles. The van der Waals surface area contributed by atoms with Crippen molar-refractivity contribution in [2.24, 2.45) is 4.99 Å². The predicted molar refractivity (Wildman–Crippen MR) is 126 cm³/mol. The molecule has 0 spiro atoms. The van der Waals surface area contributed by atoms with Crippen molar-refractivity contribution in [1.82, 2.24) is 10.0 Å². The van der Waals surface area contributed by atoms with Crippen LogP contribution in [0.25, 0.3) is 0 Å². The van der Waals surface area contributed by atoms with Gasteiger partial charge < -0.3 is 14.2 Å². The molecule has 0 saturated carbocycles. The van der Waals surface area contributed by atoms with Crippen LogP contribution >= 0.6 is 0 Å². The second kappa shape index (κ2) is 11.0. The van der Waals surface area contributed by atoms with Gasteiger partial charge in [0.15, 0.2) is 6.17 Å². The van der Waals surface area contributed by atoms with E-state index >= 15 is 0 Å². The third-order valence-electron chi connectivity index (χ3n) is 5.13. The molecule has 0 radical (unpaired) electrons. The summed E-state index contributed by atoms with van der Waals surface area (Å²) in [5.74, 6) is -1.29. The number of benzene rings is 3. The van der Waals surface area contributed by atoms with Crippen LogP contribution in [0.15, 0.2) is 96.0 Å². The monoisotopic (exact) mass is 473 g/mol. The van der Waals surface area contributed by atoms with Crippen molar-refractivity contribution >= 4 is 24.0 Å². The van der Waals surface area contributed by atoms with Gasteiger partial charge in [-0.1, -0.05) is 91.0 Å². The lowest BCUT2D eigenvalue weighted by Gasteiger charge is -2.29. The zero-order valence-electron chi connectivity index (χ0n) is 18.9. The van der Waals surface area contributed by atoms with E-state index < -0.39 is 30.2 Å². The minimum atomic E-state index is -1.04. The maximum atomic E-state index is 13.3. The summed E-state index contributed by atoms with van der Waals surface area (Å²) >= 11 is 0. The lowest BCUT2D eigenvalue weighted by atomic mass is 10.2. The van der Waals surface area contributed by atoms with Gasteiger partial charge in [-0.15, -0.1) is 0 Å². The van der Waals surface area contributed by atoms with Crippen LogP contribution in [-0.2, 0) is 32.2 Å². The molecule has 9 nitrogen and oxygen atoms in total. The lowest BCUT2D eigenvalue weighted by Crippen LogP contribution is -2.51. The van der Waals surface area contributed by atoms with E-state index in [2.05, 4.69) is 4.99 Å². The fraction of sp³-hybridized carbons (Fsp3) is 0.154. The molecule has 1 heterocycles. The molecule has 1 aliphatic rings. The molecular formula is C26H23N3O6. The van der Waals surface area contributed by atoms with Crippen LogP contribution in [0.2, 0.25) is 0 Å². The van der Waals surface area contributed by atoms with Crippen molar-refractivity contribution in [3.8, 4) is 0 Å². The van der Waals surface area contributed by atoms with E-state index in [0.717, 1.165) is 28.3 Å². The fourth-order valence-electron chi connectivity index (χ4n) is 3.43. The second-order valence-corrected chi connectivity index (χ2v) is 7.47. The maximum Gasteiger partial charge on any atom is 0.435 e. The average Bonchev–Trinajstić information content (AvgIpc) is 3.32. The zero-order chi connectivity index (χ0) is 24.6. The van der Waals surface area contributed by atoms with Gasteiger partial charge >= 0.3 is 18.2 Å². The van der Waals surface area contributed by atoms with Crippen LogP contribution in [0.1, 0.15) is 22.9 Å². The second-order valence-electron chi connectivity index (χ2n) is 7.47. The highest BCUT2D eigenvalue weighted by atomic mass is 16.6. The maximum absolute atomic E-state index is 13.3. The van der Waals surface area contributed by atoms with Gasteiger partial charge in [0.1, 0.15) is 13.2 Å². The summed E-state index contributed by atoms with van der Waals surface area (Å²) in [5, 5.41) is 1.72. The summed E-state index contributed by atoms with van der Waals surface area (Å²) in [6, 6.07) is 26.8. The van der Waals surface area contributed by atoms with Gasteiger partial charge in [-0.2, -0.15) is 10.0 Å². The lowest BCUT2D eigenvalue weighted by molar-refractivity contribution is -0.134. The zero-order valence-corrected chi connectivity index (χ0v) is 18.9. The van der Waals surface area contributed by atoms with Gasteiger partial charge in [0.05, 0.1) is 7.11 Å². The van der Waals surface area contributed by atoms with E-state index in [1.807, 2.05) is 24.3 Å². The predicted octanol–water partition coefficient (Wildman–Crippen LogP) is 4.46. The Balaban J connectivity index is 1.64. The molecule has 35 heavy (non-hydrogen) atoms. The first-order valence-corrected chi connectivity index (χ1v) is 10.8. The van der Waals surface area contributed by atoms with Crippen molar-refractivity contribution in [3.05, 3.63) is 108 Å². The van der Waals surface area contributed by atoms with Crippen molar-refractivity contribution < 1.29 is 28.6 Å². The Hall–Kier alpha value is -4.66. The smallest absolute Gasteiger partial charge is 0.435 e. The molecule has 178 valence electrons. The molecule has 0 saturated heterocycles. The number of hydrogen-bond donors (Lipinski definition) is 0. The molecular weight excluding hydrogens is 450 g/mol. The number of hydrogen-bond acceptors (Lipinski definition) is 7. The molecule has 3 aromatic carbocycles. The molecule has 2 amide bonds. The van der Waals surface area contributed by atoms with Crippen LogP contribution in [0, 0.1) is 0 Å². The van der Waals surface area contributed by atoms with Crippen molar-refractivity contribution in [1.29, 1.82) is 0 Å². The number of carbonyl (C=O) groups is 3. The molecule has 0 bridgehead atoms. The summed E-state index contributed by atoms with van der Waals surface area (Å²) in [6.07, 6.45) is -2.91. The first-order chi connectivity index (χ1) is 17.1. The number of esters is 1. The Labute approximate surface area is 202 Å². The minimum Gasteiger partial charge on any atom is -0.463 e. The van der Waals surface area contributed by atoms with Crippen LogP contribution in [-0.4, -0.2) is 41.1 Å². The van der Waals surface area contributed by atoms with Gasteiger partial charge in [0.25, 0.3) is 0 Å². The van der Waals surface area contributed by atoms with Crippen molar-refractivity contribution in [2.75, 3.05) is 7.11 Å². The molecule has 0 aliphatic carbocycles. The molecule has 0 fully saturated rings. The van der Waals surface area contributed by atoms with Crippen LogP contribution in [0.4, 0.5) is 9.59 Å².